The Bertz CT molecular complexity index is 162. The van der Waals surface area contributed by atoms with E-state index in [1.165, 1.54) is 51.4 Å². The van der Waals surface area contributed by atoms with Crippen LogP contribution >= 0.6 is 0 Å². The summed E-state index contributed by atoms with van der Waals surface area (Å²) in [5, 5.41) is 2.42. The van der Waals surface area contributed by atoms with E-state index in [-0.39, 0.29) is 0 Å². The molecule has 110 valence electrons. The van der Waals surface area contributed by atoms with Crippen LogP contribution in [-0.2, 0) is 0 Å². The summed E-state index contributed by atoms with van der Waals surface area (Å²) in [6.07, 6.45) is 10.6. The Morgan fingerprint density at radius 1 is 1.00 bits per heavy atom. The minimum Gasteiger partial charge on any atom is -0.329 e. The number of hydrazine groups is 1. The van der Waals surface area contributed by atoms with Gasteiger partial charge in [-0.15, -0.1) is 0 Å². The van der Waals surface area contributed by atoms with Crippen LogP contribution in [0.5, 0.6) is 0 Å². The largest absolute Gasteiger partial charge is 0.329 e. The molecule has 0 aromatic heterocycles. The van der Waals surface area contributed by atoms with E-state index in [0.29, 0.717) is 12.6 Å². The number of rotatable bonds is 13. The van der Waals surface area contributed by atoms with Crippen molar-refractivity contribution in [3.8, 4) is 0 Å². The summed E-state index contributed by atoms with van der Waals surface area (Å²) in [5.74, 6) is 0. The molecule has 3 heteroatoms. The maximum Gasteiger partial charge on any atom is 0.0240 e. The van der Waals surface area contributed by atoms with Gasteiger partial charge < -0.3 is 5.73 Å². The van der Waals surface area contributed by atoms with Crippen molar-refractivity contribution in [2.75, 3.05) is 19.6 Å². The van der Waals surface area contributed by atoms with E-state index in [2.05, 4.69) is 31.2 Å². The van der Waals surface area contributed by atoms with Gasteiger partial charge in [-0.25, -0.2) is 5.01 Å². The summed E-state index contributed by atoms with van der Waals surface area (Å²) in [4.78, 5) is 0. The summed E-state index contributed by atoms with van der Waals surface area (Å²) in [7, 11) is 0. The predicted octanol–water partition coefficient (Wildman–Crippen LogP) is 3.30. The highest BCUT2D eigenvalue weighted by Crippen LogP contribution is 2.13. The third-order valence-corrected chi connectivity index (χ3v) is 3.48. The first-order valence-corrected chi connectivity index (χ1v) is 8.00. The number of nitrogens with two attached hydrogens (primary N) is 1. The van der Waals surface area contributed by atoms with E-state index in [4.69, 9.17) is 5.73 Å². The second kappa shape index (κ2) is 13.3. The van der Waals surface area contributed by atoms with E-state index in [1.54, 1.807) is 0 Å². The normalized spacial score (nSPS) is 13.2. The van der Waals surface area contributed by atoms with Crippen molar-refractivity contribution >= 4 is 0 Å². The number of hydrogen-bond donors (Lipinski definition) is 2. The smallest absolute Gasteiger partial charge is 0.0240 e. The molecule has 0 aromatic rings. The molecule has 0 aliphatic rings. The molecule has 0 spiro atoms. The highest BCUT2D eigenvalue weighted by Gasteiger charge is 2.14. The van der Waals surface area contributed by atoms with Crippen molar-refractivity contribution in [3.63, 3.8) is 0 Å². The van der Waals surface area contributed by atoms with Crippen molar-refractivity contribution in [2.24, 2.45) is 5.73 Å². The highest BCUT2D eigenvalue weighted by atomic mass is 15.5. The zero-order valence-corrected chi connectivity index (χ0v) is 12.9. The molecule has 1 atom stereocenters. The van der Waals surface area contributed by atoms with Gasteiger partial charge in [-0.1, -0.05) is 52.9 Å². The van der Waals surface area contributed by atoms with Gasteiger partial charge >= 0.3 is 0 Å². The molecular formula is C15H35N3. The molecule has 0 bridgehead atoms. The summed E-state index contributed by atoms with van der Waals surface area (Å²) in [5.41, 5.74) is 9.06. The Balaban J connectivity index is 3.90. The van der Waals surface area contributed by atoms with Crippen LogP contribution in [0.25, 0.3) is 0 Å². The fourth-order valence-electron chi connectivity index (χ4n) is 2.40. The molecule has 0 saturated carbocycles. The minimum absolute atomic E-state index is 0.679. The summed E-state index contributed by atoms with van der Waals surface area (Å²) in [6.45, 7) is 9.55. The minimum atomic E-state index is 0.679. The van der Waals surface area contributed by atoms with Crippen LogP contribution in [0.2, 0.25) is 0 Å². The molecule has 0 radical (unpaired) electrons. The molecule has 0 aliphatic carbocycles. The SMILES string of the molecule is CCCCCCCC(CC)N(CCC)NCCN. The molecule has 3 N–H and O–H groups in total. The standard InChI is InChI=1S/C15H35N3/c1-4-7-8-9-10-11-15(6-3)18(14-5-2)17-13-12-16/h15,17H,4-14,16H2,1-3H3. The fourth-order valence-corrected chi connectivity index (χ4v) is 2.40. The third-order valence-electron chi connectivity index (χ3n) is 3.48. The number of hydrogen-bond acceptors (Lipinski definition) is 3. The quantitative estimate of drug-likeness (QED) is 0.393. The second-order valence-electron chi connectivity index (χ2n) is 5.16. The van der Waals surface area contributed by atoms with Gasteiger partial charge in [0.2, 0.25) is 0 Å². The van der Waals surface area contributed by atoms with Crippen LogP contribution in [0.1, 0.15) is 72.1 Å². The topological polar surface area (TPSA) is 41.3 Å². The van der Waals surface area contributed by atoms with Crippen LogP contribution in [-0.4, -0.2) is 30.7 Å². The van der Waals surface area contributed by atoms with E-state index >= 15 is 0 Å². The fraction of sp³-hybridized carbons (Fsp3) is 1.00. The van der Waals surface area contributed by atoms with Crippen LogP contribution < -0.4 is 11.2 Å². The van der Waals surface area contributed by atoms with Crippen molar-refractivity contribution in [1.29, 1.82) is 0 Å². The lowest BCUT2D eigenvalue weighted by Gasteiger charge is -2.31. The molecule has 0 saturated heterocycles. The van der Waals surface area contributed by atoms with Gasteiger partial charge in [0.25, 0.3) is 0 Å². The second-order valence-corrected chi connectivity index (χ2v) is 5.16. The summed E-state index contributed by atoms with van der Waals surface area (Å²) < 4.78 is 0. The zero-order valence-electron chi connectivity index (χ0n) is 12.9. The Morgan fingerprint density at radius 2 is 1.72 bits per heavy atom. The lowest BCUT2D eigenvalue weighted by Crippen LogP contribution is -2.47. The van der Waals surface area contributed by atoms with Crippen molar-refractivity contribution in [1.82, 2.24) is 10.4 Å². The van der Waals surface area contributed by atoms with Crippen LogP contribution in [0.3, 0.4) is 0 Å². The van der Waals surface area contributed by atoms with Gasteiger partial charge in [-0.05, 0) is 19.3 Å². The van der Waals surface area contributed by atoms with Gasteiger partial charge in [0.15, 0.2) is 0 Å². The maximum absolute atomic E-state index is 5.58. The van der Waals surface area contributed by atoms with Gasteiger partial charge in [0.05, 0.1) is 0 Å². The zero-order chi connectivity index (χ0) is 13.6. The molecule has 0 heterocycles. The van der Waals surface area contributed by atoms with E-state index in [9.17, 15) is 0 Å². The lowest BCUT2D eigenvalue weighted by molar-refractivity contribution is 0.112. The van der Waals surface area contributed by atoms with Crippen molar-refractivity contribution < 1.29 is 0 Å². The molecule has 1 unspecified atom stereocenters. The molecule has 0 aliphatic heterocycles. The van der Waals surface area contributed by atoms with E-state index in [0.717, 1.165) is 13.1 Å². The first kappa shape index (κ1) is 17.9. The summed E-state index contributed by atoms with van der Waals surface area (Å²) >= 11 is 0. The molecule has 18 heavy (non-hydrogen) atoms. The molecule has 0 fully saturated rings. The number of nitrogens with one attached hydrogen (secondary N) is 1. The highest BCUT2D eigenvalue weighted by molar-refractivity contribution is 4.67. The van der Waals surface area contributed by atoms with Crippen molar-refractivity contribution in [3.05, 3.63) is 0 Å². The maximum atomic E-state index is 5.58. The number of unbranched alkanes of at least 4 members (excludes halogenated alkanes) is 4. The molecule has 0 rings (SSSR count). The Hall–Kier alpha value is -0.120. The average Bonchev–Trinajstić information content (AvgIpc) is 2.39. The Labute approximate surface area is 114 Å². The summed E-state index contributed by atoms with van der Waals surface area (Å²) in [6, 6.07) is 0.679. The first-order valence-electron chi connectivity index (χ1n) is 8.00. The monoisotopic (exact) mass is 257 g/mol. The van der Waals surface area contributed by atoms with Gasteiger partial charge in [0, 0.05) is 25.7 Å². The first-order chi connectivity index (χ1) is 8.79. The van der Waals surface area contributed by atoms with Crippen LogP contribution in [0, 0.1) is 0 Å². The van der Waals surface area contributed by atoms with Crippen LogP contribution in [0.4, 0.5) is 0 Å². The van der Waals surface area contributed by atoms with Crippen molar-refractivity contribution in [2.45, 2.75) is 78.2 Å². The number of nitrogens with zero attached hydrogens (tertiary/aromatic N) is 1. The average molecular weight is 257 g/mol. The molecule has 0 aromatic carbocycles. The van der Waals surface area contributed by atoms with E-state index in [1.807, 2.05) is 0 Å². The van der Waals surface area contributed by atoms with Gasteiger partial charge in [-0.3, -0.25) is 5.43 Å². The van der Waals surface area contributed by atoms with Gasteiger partial charge in [0.1, 0.15) is 0 Å². The van der Waals surface area contributed by atoms with Gasteiger partial charge in [-0.2, -0.15) is 0 Å². The lowest BCUT2D eigenvalue weighted by atomic mass is 10.0. The molecule has 0 amide bonds. The Morgan fingerprint density at radius 3 is 2.28 bits per heavy atom. The molecular weight excluding hydrogens is 222 g/mol. The van der Waals surface area contributed by atoms with E-state index < -0.39 is 0 Å². The predicted molar refractivity (Wildman–Crippen MR) is 81.5 cm³/mol. The molecule has 3 nitrogen and oxygen atoms in total. The van der Waals surface area contributed by atoms with Crippen LogP contribution in [0.15, 0.2) is 0 Å². The third kappa shape index (κ3) is 8.90. The Kier molecular flexibility index (Phi) is 13.2.